The SMILES string of the molecule is CCCCCCCCCCCCCCCCCC(=O)OCC(O)CO.OB(O)O. The molecule has 0 aromatic heterocycles. The molecule has 5 N–H and O–H groups in total. The molecule has 0 saturated carbocycles. The van der Waals surface area contributed by atoms with Gasteiger partial charge in [0.15, 0.2) is 0 Å². The summed E-state index contributed by atoms with van der Waals surface area (Å²) in [6.07, 6.45) is 19.0. The van der Waals surface area contributed by atoms with Crippen LogP contribution in [0.25, 0.3) is 0 Å². The largest absolute Gasteiger partial charge is 0.631 e. The van der Waals surface area contributed by atoms with Gasteiger partial charge in [-0.3, -0.25) is 4.79 Å². The predicted molar refractivity (Wildman–Crippen MR) is 116 cm³/mol. The molecular formula is C21H45BO7. The van der Waals surface area contributed by atoms with Crippen molar-refractivity contribution in [3.05, 3.63) is 0 Å². The minimum absolute atomic E-state index is 0.103. The summed E-state index contributed by atoms with van der Waals surface area (Å²) in [6.45, 7) is 1.79. The number of aliphatic hydroxyl groups is 2. The van der Waals surface area contributed by atoms with Gasteiger partial charge in [0.05, 0.1) is 6.61 Å². The second kappa shape index (κ2) is 25.4. The average molecular weight is 420 g/mol. The van der Waals surface area contributed by atoms with E-state index in [1.54, 1.807) is 0 Å². The number of carbonyl (C=O) groups is 1. The summed E-state index contributed by atoms with van der Waals surface area (Å²) in [6, 6.07) is 0. The summed E-state index contributed by atoms with van der Waals surface area (Å²) in [5.41, 5.74) is 0. The Bertz CT molecular complexity index is 327. The number of rotatable bonds is 19. The van der Waals surface area contributed by atoms with Crippen molar-refractivity contribution in [2.45, 2.75) is 116 Å². The number of hydrogen-bond acceptors (Lipinski definition) is 7. The molecule has 1 unspecified atom stereocenters. The van der Waals surface area contributed by atoms with Gasteiger partial charge in [0, 0.05) is 6.42 Å². The fourth-order valence-corrected chi connectivity index (χ4v) is 2.95. The maximum Gasteiger partial charge on any atom is 0.631 e. The molecule has 0 amide bonds. The van der Waals surface area contributed by atoms with Gasteiger partial charge >= 0.3 is 13.3 Å². The molecule has 1 atom stereocenters. The molecule has 0 aliphatic carbocycles. The van der Waals surface area contributed by atoms with Crippen LogP contribution < -0.4 is 0 Å². The van der Waals surface area contributed by atoms with Gasteiger partial charge in [-0.05, 0) is 6.42 Å². The highest BCUT2D eigenvalue weighted by atomic mass is 16.5. The maximum absolute atomic E-state index is 11.4. The van der Waals surface area contributed by atoms with Crippen molar-refractivity contribution in [2.75, 3.05) is 13.2 Å². The molecular weight excluding hydrogens is 375 g/mol. The van der Waals surface area contributed by atoms with Crippen molar-refractivity contribution in [3.8, 4) is 0 Å². The van der Waals surface area contributed by atoms with Crippen molar-refractivity contribution >= 4 is 13.3 Å². The molecule has 0 fully saturated rings. The third kappa shape index (κ3) is 32.2. The molecule has 0 aliphatic rings. The van der Waals surface area contributed by atoms with E-state index >= 15 is 0 Å². The zero-order chi connectivity index (χ0) is 22.2. The second-order valence-corrected chi connectivity index (χ2v) is 7.57. The standard InChI is InChI=1S/C21H42O4.BH3O3/c1-2-3-4-5-6-7-8-9-10-11-12-13-14-15-16-17-21(24)25-19-20(23)18-22;2-1(3)4/h20,22-23H,2-19H2,1H3;2-4H. The lowest BCUT2D eigenvalue weighted by Gasteiger charge is -2.08. The lowest BCUT2D eigenvalue weighted by molar-refractivity contribution is -0.147. The fraction of sp³-hybridized carbons (Fsp3) is 0.952. The predicted octanol–water partition coefficient (Wildman–Crippen LogP) is 3.09. The lowest BCUT2D eigenvalue weighted by Crippen LogP contribution is -2.21. The Labute approximate surface area is 177 Å². The summed E-state index contributed by atoms with van der Waals surface area (Å²) in [5.74, 6) is -0.276. The third-order valence-corrected chi connectivity index (χ3v) is 4.63. The first kappa shape index (κ1) is 30.5. The molecule has 0 rings (SSSR count). The van der Waals surface area contributed by atoms with Gasteiger partial charge in [0.2, 0.25) is 0 Å². The van der Waals surface area contributed by atoms with E-state index in [9.17, 15) is 4.79 Å². The Morgan fingerprint density at radius 2 is 1.10 bits per heavy atom. The minimum atomic E-state index is -2.17. The highest BCUT2D eigenvalue weighted by Gasteiger charge is 2.07. The first-order chi connectivity index (χ1) is 13.9. The van der Waals surface area contributed by atoms with E-state index in [1.807, 2.05) is 0 Å². The number of carbonyl (C=O) groups excluding carboxylic acids is 1. The topological polar surface area (TPSA) is 127 Å². The van der Waals surface area contributed by atoms with E-state index in [-0.39, 0.29) is 19.2 Å². The Morgan fingerprint density at radius 3 is 1.45 bits per heavy atom. The van der Waals surface area contributed by atoms with E-state index in [0.717, 1.165) is 12.8 Å². The van der Waals surface area contributed by atoms with Gasteiger partial charge in [-0.1, -0.05) is 96.8 Å². The fourth-order valence-electron chi connectivity index (χ4n) is 2.95. The van der Waals surface area contributed by atoms with Crippen LogP contribution in [0.2, 0.25) is 0 Å². The first-order valence-electron chi connectivity index (χ1n) is 11.4. The van der Waals surface area contributed by atoms with E-state index in [0.29, 0.717) is 6.42 Å². The Morgan fingerprint density at radius 1 is 0.759 bits per heavy atom. The second-order valence-electron chi connectivity index (χ2n) is 7.57. The van der Waals surface area contributed by atoms with Crippen LogP contribution in [0, 0.1) is 0 Å². The van der Waals surface area contributed by atoms with Crippen LogP contribution in [0.1, 0.15) is 110 Å². The molecule has 29 heavy (non-hydrogen) atoms. The van der Waals surface area contributed by atoms with Crippen molar-refractivity contribution in [1.82, 2.24) is 0 Å². The molecule has 0 aromatic carbocycles. The molecule has 0 radical (unpaired) electrons. The zero-order valence-corrected chi connectivity index (χ0v) is 18.4. The molecule has 174 valence electrons. The Kier molecular flexibility index (Phi) is 26.7. The summed E-state index contributed by atoms with van der Waals surface area (Å²) >= 11 is 0. The highest BCUT2D eigenvalue weighted by Crippen LogP contribution is 2.13. The quantitative estimate of drug-likeness (QED) is 0.123. The van der Waals surface area contributed by atoms with E-state index < -0.39 is 13.4 Å². The summed E-state index contributed by atoms with van der Waals surface area (Å²) in [5, 5.41) is 39.2. The van der Waals surface area contributed by atoms with Crippen molar-refractivity contribution in [2.24, 2.45) is 0 Å². The van der Waals surface area contributed by atoms with Gasteiger partial charge < -0.3 is 30.0 Å². The molecule has 0 heterocycles. The minimum Gasteiger partial charge on any atom is -0.463 e. The Hall–Kier alpha value is -0.665. The summed E-state index contributed by atoms with van der Waals surface area (Å²) in [4.78, 5) is 11.4. The third-order valence-electron chi connectivity index (χ3n) is 4.63. The molecule has 0 aromatic rings. The molecule has 0 spiro atoms. The monoisotopic (exact) mass is 420 g/mol. The van der Waals surface area contributed by atoms with Crippen LogP contribution in [0.3, 0.4) is 0 Å². The Balaban J connectivity index is 0. The smallest absolute Gasteiger partial charge is 0.463 e. The molecule has 8 heteroatoms. The van der Waals surface area contributed by atoms with Gasteiger partial charge in [-0.2, -0.15) is 0 Å². The first-order valence-corrected chi connectivity index (χ1v) is 11.4. The van der Waals surface area contributed by atoms with Crippen LogP contribution in [-0.2, 0) is 9.53 Å². The van der Waals surface area contributed by atoms with Crippen molar-refractivity contribution < 1.29 is 34.8 Å². The number of aliphatic hydroxyl groups excluding tert-OH is 2. The van der Waals surface area contributed by atoms with Crippen LogP contribution in [0.4, 0.5) is 0 Å². The van der Waals surface area contributed by atoms with E-state index in [4.69, 9.17) is 30.0 Å². The number of unbranched alkanes of at least 4 members (excludes halogenated alkanes) is 14. The number of esters is 1. The van der Waals surface area contributed by atoms with Crippen molar-refractivity contribution in [3.63, 3.8) is 0 Å². The molecule has 0 aliphatic heterocycles. The zero-order valence-electron chi connectivity index (χ0n) is 18.4. The summed E-state index contributed by atoms with van der Waals surface area (Å²) in [7, 11) is -2.17. The van der Waals surface area contributed by atoms with Gasteiger partial charge in [-0.25, -0.2) is 0 Å². The summed E-state index contributed by atoms with van der Waals surface area (Å²) < 4.78 is 4.86. The van der Waals surface area contributed by atoms with Crippen molar-refractivity contribution in [1.29, 1.82) is 0 Å². The molecule has 7 nitrogen and oxygen atoms in total. The molecule has 0 bridgehead atoms. The van der Waals surface area contributed by atoms with Crippen LogP contribution in [0.5, 0.6) is 0 Å². The van der Waals surface area contributed by atoms with Crippen LogP contribution in [-0.4, -0.2) is 57.9 Å². The van der Waals surface area contributed by atoms with E-state index in [2.05, 4.69) is 6.92 Å². The average Bonchev–Trinajstić information content (AvgIpc) is 2.68. The maximum atomic E-state index is 11.4. The van der Waals surface area contributed by atoms with Crippen LogP contribution >= 0.6 is 0 Å². The number of hydrogen-bond donors (Lipinski definition) is 5. The lowest BCUT2D eigenvalue weighted by atomic mass is 10.0. The van der Waals surface area contributed by atoms with Gasteiger partial charge in [-0.15, -0.1) is 0 Å². The van der Waals surface area contributed by atoms with Gasteiger partial charge in [0.1, 0.15) is 12.7 Å². The molecule has 0 saturated heterocycles. The van der Waals surface area contributed by atoms with Crippen LogP contribution in [0.15, 0.2) is 0 Å². The highest BCUT2D eigenvalue weighted by molar-refractivity contribution is 6.30. The van der Waals surface area contributed by atoms with Gasteiger partial charge in [0.25, 0.3) is 0 Å². The normalized spacial score (nSPS) is 11.5. The number of ether oxygens (including phenoxy) is 1. The van der Waals surface area contributed by atoms with E-state index in [1.165, 1.54) is 83.5 Å².